The van der Waals surface area contributed by atoms with Crippen molar-refractivity contribution in [1.82, 2.24) is 4.90 Å². The fourth-order valence-corrected chi connectivity index (χ4v) is 2.81. The maximum atomic E-state index is 12.5. The second-order valence-corrected chi connectivity index (χ2v) is 5.70. The maximum Gasteiger partial charge on any atom is 0.253 e. The molecule has 3 rings (SSSR count). The molecule has 2 aromatic rings. The van der Waals surface area contributed by atoms with Crippen LogP contribution < -0.4 is 5.32 Å². The molecule has 0 aromatic heterocycles. The standard InChI is InChI=1S/C18H20N2O.ClH/c1-13-4-3-5-14(10-13)12-20(2)18(21)16-6-7-17-15(11-16)8-9-19-17;/h3-7,10-11,19H,8-9,12H2,1-2H3;1H. The number of amides is 1. The van der Waals surface area contributed by atoms with Crippen molar-refractivity contribution < 1.29 is 4.79 Å². The van der Waals surface area contributed by atoms with Crippen molar-refractivity contribution in [3.63, 3.8) is 0 Å². The third-order valence-electron chi connectivity index (χ3n) is 3.91. The lowest BCUT2D eigenvalue weighted by molar-refractivity contribution is 0.0785. The van der Waals surface area contributed by atoms with Crippen LogP contribution in [0.25, 0.3) is 0 Å². The van der Waals surface area contributed by atoms with E-state index in [1.807, 2.05) is 31.3 Å². The largest absolute Gasteiger partial charge is 0.384 e. The number of benzene rings is 2. The quantitative estimate of drug-likeness (QED) is 0.937. The second-order valence-electron chi connectivity index (χ2n) is 5.70. The Balaban J connectivity index is 0.00000176. The van der Waals surface area contributed by atoms with Crippen molar-refractivity contribution in [2.24, 2.45) is 0 Å². The van der Waals surface area contributed by atoms with Crippen molar-refractivity contribution in [3.8, 4) is 0 Å². The van der Waals surface area contributed by atoms with Gasteiger partial charge in [0.1, 0.15) is 0 Å². The minimum atomic E-state index is 0. The van der Waals surface area contributed by atoms with Gasteiger partial charge < -0.3 is 10.2 Å². The Bertz CT molecular complexity index is 685. The van der Waals surface area contributed by atoms with Crippen molar-refractivity contribution in [3.05, 3.63) is 64.7 Å². The highest BCUT2D eigenvalue weighted by Gasteiger charge is 2.16. The maximum absolute atomic E-state index is 12.5. The fraction of sp³-hybridized carbons (Fsp3) is 0.278. The number of fused-ring (bicyclic) bond motifs is 1. The van der Waals surface area contributed by atoms with Gasteiger partial charge in [0.25, 0.3) is 5.91 Å². The van der Waals surface area contributed by atoms with Crippen molar-refractivity contribution in [2.75, 3.05) is 18.9 Å². The van der Waals surface area contributed by atoms with E-state index in [1.165, 1.54) is 11.1 Å². The van der Waals surface area contributed by atoms with Gasteiger partial charge in [0.2, 0.25) is 0 Å². The number of rotatable bonds is 3. The molecule has 116 valence electrons. The Morgan fingerprint density at radius 1 is 1.23 bits per heavy atom. The van der Waals surface area contributed by atoms with Gasteiger partial charge in [-0.05, 0) is 42.7 Å². The molecular weight excluding hydrogens is 296 g/mol. The third kappa shape index (κ3) is 3.42. The summed E-state index contributed by atoms with van der Waals surface area (Å²) in [5, 5.41) is 3.32. The predicted octanol–water partition coefficient (Wildman–Crippen LogP) is 3.66. The van der Waals surface area contributed by atoms with Gasteiger partial charge in [-0.2, -0.15) is 0 Å². The minimum absolute atomic E-state index is 0. The van der Waals surface area contributed by atoms with Crippen LogP contribution in [0, 0.1) is 6.92 Å². The molecule has 0 atom stereocenters. The summed E-state index contributed by atoms with van der Waals surface area (Å²) in [7, 11) is 1.86. The van der Waals surface area contributed by atoms with Crippen LogP contribution in [0.5, 0.6) is 0 Å². The summed E-state index contributed by atoms with van der Waals surface area (Å²) in [6.07, 6.45) is 0.998. The number of hydrogen-bond acceptors (Lipinski definition) is 2. The highest BCUT2D eigenvalue weighted by Crippen LogP contribution is 2.23. The molecule has 0 spiro atoms. The van der Waals surface area contributed by atoms with Crippen LogP contribution in [-0.4, -0.2) is 24.4 Å². The van der Waals surface area contributed by atoms with Crippen LogP contribution in [0.3, 0.4) is 0 Å². The second kappa shape index (κ2) is 6.84. The van der Waals surface area contributed by atoms with E-state index in [1.54, 1.807) is 4.90 Å². The summed E-state index contributed by atoms with van der Waals surface area (Å²) in [6, 6.07) is 14.2. The molecule has 0 saturated heterocycles. The summed E-state index contributed by atoms with van der Waals surface area (Å²) in [5.41, 5.74) is 5.55. The Kier molecular flexibility index (Phi) is 5.09. The first-order chi connectivity index (χ1) is 10.1. The topological polar surface area (TPSA) is 32.3 Å². The first-order valence-corrected chi connectivity index (χ1v) is 7.31. The van der Waals surface area contributed by atoms with E-state index < -0.39 is 0 Å². The first-order valence-electron chi connectivity index (χ1n) is 7.31. The molecule has 2 aromatic carbocycles. The molecule has 0 saturated carbocycles. The molecule has 1 aliphatic heterocycles. The van der Waals surface area contributed by atoms with Gasteiger partial charge >= 0.3 is 0 Å². The number of nitrogens with one attached hydrogen (secondary N) is 1. The summed E-state index contributed by atoms with van der Waals surface area (Å²) in [6.45, 7) is 3.67. The summed E-state index contributed by atoms with van der Waals surface area (Å²) in [4.78, 5) is 14.3. The molecule has 22 heavy (non-hydrogen) atoms. The zero-order valence-electron chi connectivity index (χ0n) is 12.9. The lowest BCUT2D eigenvalue weighted by atomic mass is 10.1. The number of carbonyl (C=O) groups excluding carboxylic acids is 1. The summed E-state index contributed by atoms with van der Waals surface area (Å²) in [5.74, 6) is 0.0752. The lowest BCUT2D eigenvalue weighted by Crippen LogP contribution is -2.26. The molecule has 0 bridgehead atoms. The van der Waals surface area contributed by atoms with Gasteiger partial charge in [-0.3, -0.25) is 4.79 Å². The van der Waals surface area contributed by atoms with Crippen LogP contribution >= 0.6 is 12.4 Å². The van der Waals surface area contributed by atoms with E-state index in [9.17, 15) is 4.79 Å². The van der Waals surface area contributed by atoms with Crippen molar-refractivity contribution in [1.29, 1.82) is 0 Å². The van der Waals surface area contributed by atoms with E-state index in [2.05, 4.69) is 30.4 Å². The number of aryl methyl sites for hydroxylation is 1. The van der Waals surface area contributed by atoms with Gasteiger partial charge in [0, 0.05) is 31.4 Å². The van der Waals surface area contributed by atoms with Crippen LogP contribution in [0.2, 0.25) is 0 Å². The average molecular weight is 317 g/mol. The van der Waals surface area contributed by atoms with E-state index >= 15 is 0 Å². The highest BCUT2D eigenvalue weighted by atomic mass is 35.5. The zero-order valence-corrected chi connectivity index (χ0v) is 13.7. The number of halogens is 1. The molecule has 0 unspecified atom stereocenters. The summed E-state index contributed by atoms with van der Waals surface area (Å²) >= 11 is 0. The molecule has 1 aliphatic rings. The summed E-state index contributed by atoms with van der Waals surface area (Å²) < 4.78 is 0. The van der Waals surface area contributed by atoms with Crippen LogP contribution in [0.4, 0.5) is 5.69 Å². The Hall–Kier alpha value is -2.00. The number of nitrogens with zero attached hydrogens (tertiary/aromatic N) is 1. The van der Waals surface area contributed by atoms with Crippen LogP contribution in [-0.2, 0) is 13.0 Å². The monoisotopic (exact) mass is 316 g/mol. The zero-order chi connectivity index (χ0) is 14.8. The van der Waals surface area contributed by atoms with Gasteiger partial charge in [-0.25, -0.2) is 0 Å². The Labute approximate surface area is 137 Å². The van der Waals surface area contributed by atoms with Gasteiger partial charge in [-0.1, -0.05) is 29.8 Å². The molecule has 3 nitrogen and oxygen atoms in total. The molecule has 1 N–H and O–H groups in total. The van der Waals surface area contributed by atoms with Gasteiger partial charge in [-0.15, -0.1) is 12.4 Å². The molecule has 0 aliphatic carbocycles. The molecule has 1 heterocycles. The van der Waals surface area contributed by atoms with E-state index in [-0.39, 0.29) is 18.3 Å². The molecule has 0 radical (unpaired) electrons. The minimum Gasteiger partial charge on any atom is -0.384 e. The predicted molar refractivity (Wildman–Crippen MR) is 92.9 cm³/mol. The SMILES string of the molecule is Cc1cccc(CN(C)C(=O)c2ccc3c(c2)CCN3)c1.Cl. The van der Waals surface area contributed by atoms with Gasteiger partial charge in [0.15, 0.2) is 0 Å². The van der Waals surface area contributed by atoms with Crippen molar-refractivity contribution >= 4 is 24.0 Å². The van der Waals surface area contributed by atoms with Crippen LogP contribution in [0.15, 0.2) is 42.5 Å². The normalized spacial score (nSPS) is 12.1. The lowest BCUT2D eigenvalue weighted by Gasteiger charge is -2.18. The molecule has 1 amide bonds. The van der Waals surface area contributed by atoms with E-state index in [4.69, 9.17) is 0 Å². The highest BCUT2D eigenvalue weighted by molar-refractivity contribution is 5.94. The number of carbonyl (C=O) groups is 1. The molecular formula is C18H21ClN2O. The Morgan fingerprint density at radius 3 is 2.82 bits per heavy atom. The van der Waals surface area contributed by atoms with E-state index in [0.29, 0.717) is 6.54 Å². The third-order valence-corrected chi connectivity index (χ3v) is 3.91. The Morgan fingerprint density at radius 2 is 2.05 bits per heavy atom. The van der Waals surface area contributed by atoms with Crippen molar-refractivity contribution in [2.45, 2.75) is 19.9 Å². The van der Waals surface area contributed by atoms with Crippen LogP contribution in [0.1, 0.15) is 27.0 Å². The number of hydrogen-bond donors (Lipinski definition) is 1. The fourth-order valence-electron chi connectivity index (χ4n) is 2.81. The number of anilines is 1. The van der Waals surface area contributed by atoms with Gasteiger partial charge in [0.05, 0.1) is 0 Å². The smallest absolute Gasteiger partial charge is 0.253 e. The average Bonchev–Trinajstić information content (AvgIpc) is 2.93. The molecule has 4 heteroatoms. The first kappa shape index (κ1) is 16.4. The molecule has 0 fully saturated rings. The van der Waals surface area contributed by atoms with E-state index in [0.717, 1.165) is 29.8 Å².